The summed E-state index contributed by atoms with van der Waals surface area (Å²) in [5, 5.41) is 3.18. The van der Waals surface area contributed by atoms with Crippen LogP contribution in [0.2, 0.25) is 0 Å². The second-order valence-electron chi connectivity index (χ2n) is 5.28. The number of rotatable bonds is 5. The van der Waals surface area contributed by atoms with Gasteiger partial charge < -0.3 is 11.1 Å². The molecule has 0 spiro atoms. The minimum absolute atomic E-state index is 0.357. The SMILES string of the molecule is C=C(N)Nc1c(C(C)C)cc(CC)nc1C(C)C. The largest absolute Gasteiger partial charge is 0.386 e. The second kappa shape index (κ2) is 5.89. The maximum absolute atomic E-state index is 5.70. The molecule has 0 aliphatic heterocycles. The van der Waals surface area contributed by atoms with Crippen molar-refractivity contribution >= 4 is 5.69 Å². The van der Waals surface area contributed by atoms with Gasteiger partial charge in [-0.1, -0.05) is 41.2 Å². The van der Waals surface area contributed by atoms with Crippen LogP contribution < -0.4 is 11.1 Å². The Balaban J connectivity index is 3.44. The van der Waals surface area contributed by atoms with Gasteiger partial charge in [-0.3, -0.25) is 4.98 Å². The third kappa shape index (κ3) is 3.25. The fourth-order valence-corrected chi connectivity index (χ4v) is 1.99. The quantitative estimate of drug-likeness (QED) is 0.833. The van der Waals surface area contributed by atoms with Crippen molar-refractivity contribution in [3.63, 3.8) is 0 Å². The average molecular weight is 247 g/mol. The van der Waals surface area contributed by atoms with Gasteiger partial charge in [0.2, 0.25) is 0 Å². The summed E-state index contributed by atoms with van der Waals surface area (Å²) in [7, 11) is 0. The molecule has 100 valence electrons. The Labute approximate surface area is 111 Å². The van der Waals surface area contributed by atoms with Gasteiger partial charge in [0.1, 0.15) is 0 Å². The molecule has 1 rings (SSSR count). The van der Waals surface area contributed by atoms with Gasteiger partial charge in [0.15, 0.2) is 0 Å². The summed E-state index contributed by atoms with van der Waals surface area (Å²) in [6.45, 7) is 14.5. The average Bonchev–Trinajstić information content (AvgIpc) is 2.27. The highest BCUT2D eigenvalue weighted by Gasteiger charge is 2.17. The molecule has 1 aromatic rings. The van der Waals surface area contributed by atoms with Gasteiger partial charge in [0.05, 0.1) is 17.2 Å². The number of aryl methyl sites for hydroxylation is 1. The number of hydrogen-bond donors (Lipinski definition) is 2. The Kier molecular flexibility index (Phi) is 4.76. The van der Waals surface area contributed by atoms with Crippen molar-refractivity contribution in [2.45, 2.75) is 52.9 Å². The molecule has 1 heterocycles. The Morgan fingerprint density at radius 2 is 1.94 bits per heavy atom. The molecule has 0 unspecified atom stereocenters. The maximum atomic E-state index is 5.70. The van der Waals surface area contributed by atoms with Crippen LogP contribution in [0.3, 0.4) is 0 Å². The summed E-state index contributed by atoms with van der Waals surface area (Å²) in [5.41, 5.74) is 10.2. The molecule has 0 saturated heterocycles. The fraction of sp³-hybridized carbons (Fsp3) is 0.533. The minimum Gasteiger partial charge on any atom is -0.386 e. The van der Waals surface area contributed by atoms with Crippen LogP contribution >= 0.6 is 0 Å². The normalized spacial score (nSPS) is 11.1. The third-order valence-electron chi connectivity index (χ3n) is 2.95. The molecule has 0 aliphatic rings. The molecule has 0 fully saturated rings. The van der Waals surface area contributed by atoms with E-state index in [0.29, 0.717) is 17.7 Å². The lowest BCUT2D eigenvalue weighted by molar-refractivity contribution is 0.786. The van der Waals surface area contributed by atoms with Crippen molar-refractivity contribution in [1.82, 2.24) is 4.98 Å². The molecule has 0 aliphatic carbocycles. The van der Waals surface area contributed by atoms with E-state index >= 15 is 0 Å². The summed E-state index contributed by atoms with van der Waals surface area (Å²) in [6.07, 6.45) is 0.948. The Bertz CT molecular complexity index is 404. The molecule has 0 radical (unpaired) electrons. The first-order chi connectivity index (χ1) is 8.36. The van der Waals surface area contributed by atoms with Crippen molar-refractivity contribution in [1.29, 1.82) is 0 Å². The molecular weight excluding hydrogens is 222 g/mol. The van der Waals surface area contributed by atoms with Crippen molar-refractivity contribution in [3.8, 4) is 0 Å². The van der Waals surface area contributed by atoms with Crippen LogP contribution in [-0.2, 0) is 6.42 Å². The number of anilines is 1. The van der Waals surface area contributed by atoms with E-state index in [1.54, 1.807) is 0 Å². The summed E-state index contributed by atoms with van der Waals surface area (Å²) >= 11 is 0. The van der Waals surface area contributed by atoms with Gasteiger partial charge >= 0.3 is 0 Å². The highest BCUT2D eigenvalue weighted by atomic mass is 15.0. The zero-order chi connectivity index (χ0) is 13.9. The van der Waals surface area contributed by atoms with Gasteiger partial charge in [0, 0.05) is 5.69 Å². The van der Waals surface area contributed by atoms with Gasteiger partial charge in [-0.15, -0.1) is 0 Å². The molecule has 3 heteroatoms. The molecule has 0 atom stereocenters. The molecule has 0 amide bonds. The zero-order valence-electron chi connectivity index (χ0n) is 12.2. The Morgan fingerprint density at radius 3 is 2.33 bits per heavy atom. The molecule has 18 heavy (non-hydrogen) atoms. The monoisotopic (exact) mass is 247 g/mol. The van der Waals surface area contributed by atoms with Gasteiger partial charge in [-0.25, -0.2) is 0 Å². The first-order valence-corrected chi connectivity index (χ1v) is 6.61. The summed E-state index contributed by atoms with van der Waals surface area (Å²) in [4.78, 5) is 4.73. The molecule has 0 bridgehead atoms. The number of hydrogen-bond acceptors (Lipinski definition) is 3. The van der Waals surface area contributed by atoms with Crippen LogP contribution in [0.5, 0.6) is 0 Å². The molecular formula is C15H25N3. The first kappa shape index (κ1) is 14.6. The Hall–Kier alpha value is -1.51. The number of nitrogens with zero attached hydrogens (tertiary/aromatic N) is 1. The van der Waals surface area contributed by atoms with Crippen molar-refractivity contribution < 1.29 is 0 Å². The van der Waals surface area contributed by atoms with Crippen LogP contribution in [-0.4, -0.2) is 4.98 Å². The van der Waals surface area contributed by atoms with Crippen LogP contribution in [0.4, 0.5) is 5.69 Å². The highest BCUT2D eigenvalue weighted by molar-refractivity contribution is 5.60. The lowest BCUT2D eigenvalue weighted by Crippen LogP contribution is -2.14. The predicted molar refractivity (Wildman–Crippen MR) is 78.7 cm³/mol. The smallest absolute Gasteiger partial charge is 0.0931 e. The number of pyridine rings is 1. The van der Waals surface area contributed by atoms with Gasteiger partial charge in [0.25, 0.3) is 0 Å². The van der Waals surface area contributed by atoms with Crippen molar-refractivity contribution in [2.24, 2.45) is 5.73 Å². The Morgan fingerprint density at radius 1 is 1.33 bits per heavy atom. The lowest BCUT2D eigenvalue weighted by atomic mass is 9.95. The van der Waals surface area contributed by atoms with Crippen molar-refractivity contribution in [2.75, 3.05) is 5.32 Å². The first-order valence-electron chi connectivity index (χ1n) is 6.61. The standard InChI is InChI=1S/C15H25N3/c1-7-12-8-13(9(2)3)15(17-11(6)16)14(18-12)10(4)5/h8-10,17H,6-7,16H2,1-5H3. The summed E-state index contributed by atoms with van der Waals surface area (Å²) < 4.78 is 0. The molecule has 0 saturated carbocycles. The zero-order valence-corrected chi connectivity index (χ0v) is 12.2. The van der Waals surface area contributed by atoms with Crippen molar-refractivity contribution in [3.05, 3.63) is 35.4 Å². The fourth-order valence-electron chi connectivity index (χ4n) is 1.99. The predicted octanol–water partition coefficient (Wildman–Crippen LogP) is 3.73. The van der Waals surface area contributed by atoms with Crippen LogP contribution in [0, 0.1) is 0 Å². The number of nitrogens with two attached hydrogens (primary N) is 1. The van der Waals surface area contributed by atoms with E-state index in [-0.39, 0.29) is 0 Å². The van der Waals surface area contributed by atoms with E-state index < -0.39 is 0 Å². The number of nitrogens with one attached hydrogen (secondary N) is 1. The second-order valence-corrected chi connectivity index (χ2v) is 5.28. The lowest BCUT2D eigenvalue weighted by Gasteiger charge is -2.21. The molecule has 3 nitrogen and oxygen atoms in total. The van der Waals surface area contributed by atoms with Crippen LogP contribution in [0.15, 0.2) is 18.5 Å². The maximum Gasteiger partial charge on any atom is 0.0931 e. The topological polar surface area (TPSA) is 50.9 Å². The molecule has 3 N–H and O–H groups in total. The van der Waals surface area contributed by atoms with Crippen LogP contribution in [0.1, 0.15) is 63.4 Å². The van der Waals surface area contributed by atoms with E-state index in [2.05, 4.69) is 52.6 Å². The minimum atomic E-state index is 0.357. The summed E-state index contributed by atoms with van der Waals surface area (Å²) in [6, 6.07) is 2.17. The van der Waals surface area contributed by atoms with E-state index in [1.807, 2.05) is 0 Å². The van der Waals surface area contributed by atoms with E-state index in [1.165, 1.54) is 5.56 Å². The van der Waals surface area contributed by atoms with E-state index in [4.69, 9.17) is 10.7 Å². The van der Waals surface area contributed by atoms with Gasteiger partial charge in [-0.2, -0.15) is 0 Å². The summed E-state index contributed by atoms with van der Waals surface area (Å²) in [5.74, 6) is 1.25. The highest BCUT2D eigenvalue weighted by Crippen LogP contribution is 2.32. The van der Waals surface area contributed by atoms with E-state index in [9.17, 15) is 0 Å². The van der Waals surface area contributed by atoms with Gasteiger partial charge in [-0.05, 0) is 29.9 Å². The molecule has 1 aromatic heterocycles. The molecule has 0 aromatic carbocycles. The van der Waals surface area contributed by atoms with Crippen LogP contribution in [0.25, 0.3) is 0 Å². The third-order valence-corrected chi connectivity index (χ3v) is 2.95. The van der Waals surface area contributed by atoms with E-state index in [0.717, 1.165) is 23.5 Å². The number of aromatic nitrogens is 1.